The average Bonchev–Trinajstić information content (AvgIpc) is 3.51. The molecule has 5 N–H and O–H groups in total. The van der Waals surface area contributed by atoms with Gasteiger partial charge < -0.3 is 20.3 Å². The number of nitrogens with two attached hydrogens (primary N) is 1. The number of aryl methyl sites for hydroxylation is 1. The summed E-state index contributed by atoms with van der Waals surface area (Å²) in [4.78, 5) is 25.4. The Morgan fingerprint density at radius 3 is 2.50 bits per heavy atom. The lowest BCUT2D eigenvalue weighted by molar-refractivity contribution is 0.0513. The Morgan fingerprint density at radius 1 is 1.24 bits per heavy atom. The number of amides is 1. The fourth-order valence-corrected chi connectivity index (χ4v) is 6.30. The first-order valence-corrected chi connectivity index (χ1v) is 13.9. The van der Waals surface area contributed by atoms with E-state index in [-0.39, 0.29) is 46.1 Å². The van der Waals surface area contributed by atoms with Gasteiger partial charge >= 0.3 is 0 Å². The lowest BCUT2D eigenvalue weighted by Gasteiger charge is -2.25. The number of fused-ring (bicyclic) bond motifs is 1. The Hall–Kier alpha value is -3.13. The van der Waals surface area contributed by atoms with Gasteiger partial charge in [-0.3, -0.25) is 4.79 Å². The number of halogens is 2. The molecule has 2 aromatic heterocycles. The van der Waals surface area contributed by atoms with Crippen LogP contribution in [-0.2, 0) is 17.1 Å². The third-order valence-corrected chi connectivity index (χ3v) is 8.56. The van der Waals surface area contributed by atoms with Crippen LogP contribution in [0.15, 0.2) is 41.8 Å². The van der Waals surface area contributed by atoms with Crippen molar-refractivity contribution < 1.29 is 22.7 Å². The molecule has 202 valence electrons. The molecule has 2 aliphatic carbocycles. The summed E-state index contributed by atoms with van der Waals surface area (Å²) in [6, 6.07) is 4.00. The van der Waals surface area contributed by atoms with E-state index < -0.39 is 21.4 Å². The van der Waals surface area contributed by atoms with Gasteiger partial charge in [-0.15, -0.1) is 0 Å². The minimum Gasteiger partial charge on any atom is -0.388 e. The smallest absolute Gasteiger partial charge is 0.274 e. The van der Waals surface area contributed by atoms with Gasteiger partial charge in [0.15, 0.2) is 0 Å². The van der Waals surface area contributed by atoms with E-state index in [1.54, 1.807) is 17.9 Å². The summed E-state index contributed by atoms with van der Waals surface area (Å²) in [5.41, 5.74) is 0.566. The summed E-state index contributed by atoms with van der Waals surface area (Å²) in [5, 5.41) is 21.9. The van der Waals surface area contributed by atoms with Crippen LogP contribution in [-0.4, -0.2) is 51.1 Å². The van der Waals surface area contributed by atoms with Crippen LogP contribution in [0.4, 0.5) is 16.0 Å². The number of primary sulfonamides is 1. The van der Waals surface area contributed by atoms with Gasteiger partial charge in [0.2, 0.25) is 16.0 Å². The van der Waals surface area contributed by atoms with Gasteiger partial charge in [0.25, 0.3) is 5.91 Å². The Balaban J connectivity index is 1.21. The number of nitrogens with zero attached hydrogens (tertiary/aromatic N) is 4. The lowest BCUT2D eigenvalue weighted by atomic mass is 9.92. The first-order valence-electron chi connectivity index (χ1n) is 12.0. The summed E-state index contributed by atoms with van der Waals surface area (Å²) in [6.07, 6.45) is 6.55. The number of anilines is 2. The van der Waals surface area contributed by atoms with Crippen LogP contribution >= 0.6 is 11.6 Å². The summed E-state index contributed by atoms with van der Waals surface area (Å²) in [5.74, 6) is -0.139. The maximum absolute atomic E-state index is 13.5. The predicted molar refractivity (Wildman–Crippen MR) is 138 cm³/mol. The molecule has 14 heteroatoms. The van der Waals surface area contributed by atoms with Gasteiger partial charge in [0.1, 0.15) is 16.4 Å². The number of sulfonamides is 1. The molecule has 0 aliphatic heterocycles. The fraction of sp³-hybridized carbons (Fsp3) is 0.417. The second-order valence-corrected chi connectivity index (χ2v) is 12.1. The number of aromatic nitrogens is 4. The molecule has 2 aliphatic rings. The van der Waals surface area contributed by atoms with Gasteiger partial charge in [0, 0.05) is 25.2 Å². The van der Waals surface area contributed by atoms with Crippen LogP contribution in [0.3, 0.4) is 0 Å². The summed E-state index contributed by atoms with van der Waals surface area (Å²) >= 11 is 5.84. The third-order valence-electron chi connectivity index (χ3n) is 7.40. The number of imidazole rings is 1. The maximum atomic E-state index is 13.5. The minimum atomic E-state index is -3.88. The topological polar surface area (TPSA) is 165 Å². The molecular weight excluding hydrogens is 537 g/mol. The highest BCUT2D eigenvalue weighted by molar-refractivity contribution is 7.89. The van der Waals surface area contributed by atoms with Crippen molar-refractivity contribution in [1.29, 1.82) is 0 Å². The van der Waals surface area contributed by atoms with Crippen molar-refractivity contribution >= 4 is 39.2 Å². The number of hydrogen-bond acceptors (Lipinski definition) is 8. The fourth-order valence-electron chi connectivity index (χ4n) is 5.72. The lowest BCUT2D eigenvalue weighted by Crippen LogP contribution is -2.35. The number of carbonyl (C=O) groups is 1. The molecule has 0 bridgehead atoms. The molecule has 1 aromatic carbocycles. The zero-order valence-electron chi connectivity index (χ0n) is 20.4. The number of benzene rings is 1. The standard InChI is InChI=1S/C24H27ClFN7O4S/c1-33-12-31-20(21(33)22(34)32-16-2-3-19(26)18(25)6-16)13-4-14-7-24(35,8-15(14)5-13)11-30-23-28-9-17(10-29-23)38(27,36)37/h2-3,6,9-10,12-15,35H,4-5,7-8,11H2,1H3,(H,32,34)(H2,27,36,37)(H,28,29,30). The monoisotopic (exact) mass is 563 g/mol. The molecule has 3 aromatic rings. The van der Waals surface area contributed by atoms with Gasteiger partial charge in [0.05, 0.1) is 35.0 Å². The van der Waals surface area contributed by atoms with Crippen LogP contribution in [0.1, 0.15) is 47.8 Å². The van der Waals surface area contributed by atoms with E-state index >= 15 is 0 Å². The molecule has 0 saturated heterocycles. The van der Waals surface area contributed by atoms with Crippen LogP contribution in [0.25, 0.3) is 0 Å². The van der Waals surface area contributed by atoms with E-state index in [0.717, 1.165) is 25.2 Å². The second kappa shape index (κ2) is 9.88. The molecule has 0 radical (unpaired) electrons. The number of nitrogens with one attached hydrogen (secondary N) is 2. The third kappa shape index (κ3) is 5.37. The average molecular weight is 564 g/mol. The van der Waals surface area contributed by atoms with E-state index in [4.69, 9.17) is 16.7 Å². The van der Waals surface area contributed by atoms with Crippen LogP contribution in [0.5, 0.6) is 0 Å². The molecule has 2 unspecified atom stereocenters. The number of aliphatic hydroxyl groups is 1. The van der Waals surface area contributed by atoms with Crippen LogP contribution in [0.2, 0.25) is 5.02 Å². The quantitative estimate of drug-likeness (QED) is 0.340. The van der Waals surface area contributed by atoms with Gasteiger partial charge in [-0.25, -0.2) is 32.9 Å². The van der Waals surface area contributed by atoms with E-state index in [9.17, 15) is 22.7 Å². The summed E-state index contributed by atoms with van der Waals surface area (Å²) in [6.45, 7) is 0.219. The highest BCUT2D eigenvalue weighted by atomic mass is 35.5. The normalized spacial score (nSPS) is 24.8. The number of rotatable bonds is 7. The van der Waals surface area contributed by atoms with Crippen molar-refractivity contribution in [3.05, 3.63) is 59.1 Å². The zero-order chi connectivity index (χ0) is 27.2. The Labute approximate surface area is 223 Å². The number of hydrogen-bond donors (Lipinski definition) is 4. The van der Waals surface area contributed by atoms with Gasteiger partial charge in [-0.2, -0.15) is 0 Å². The molecule has 5 rings (SSSR count). The Morgan fingerprint density at radius 2 is 1.89 bits per heavy atom. The maximum Gasteiger partial charge on any atom is 0.274 e. The van der Waals surface area contributed by atoms with Crippen LogP contribution < -0.4 is 15.8 Å². The molecule has 2 atom stereocenters. The van der Waals surface area contributed by atoms with Crippen molar-refractivity contribution in [1.82, 2.24) is 19.5 Å². The first-order chi connectivity index (χ1) is 17.9. The molecule has 2 heterocycles. The molecular formula is C24H27ClFN7O4S. The SMILES string of the molecule is Cn1cnc(C2CC3CC(O)(CNc4ncc(S(N)(=O)=O)cn4)CC3C2)c1C(=O)Nc1ccc(F)c(Cl)c1. The predicted octanol–water partition coefficient (Wildman–Crippen LogP) is 2.65. The van der Waals surface area contributed by atoms with Gasteiger partial charge in [-0.1, -0.05) is 11.6 Å². The molecule has 2 fully saturated rings. The highest BCUT2D eigenvalue weighted by Gasteiger charge is 2.49. The molecule has 2 saturated carbocycles. The van der Waals surface area contributed by atoms with Crippen LogP contribution in [0, 0.1) is 17.7 Å². The minimum absolute atomic E-state index is 0.0651. The van der Waals surface area contributed by atoms with Crippen molar-refractivity contribution in [2.45, 2.75) is 42.1 Å². The Kier molecular flexibility index (Phi) is 6.88. The molecule has 38 heavy (non-hydrogen) atoms. The Bertz CT molecular complexity index is 1470. The molecule has 1 amide bonds. The van der Waals surface area contributed by atoms with E-state index in [2.05, 4.69) is 25.6 Å². The molecule has 0 spiro atoms. The van der Waals surface area contributed by atoms with E-state index in [1.807, 2.05) is 0 Å². The summed E-state index contributed by atoms with van der Waals surface area (Å²) in [7, 11) is -2.13. The van der Waals surface area contributed by atoms with Gasteiger partial charge in [-0.05, 0) is 55.7 Å². The summed E-state index contributed by atoms with van der Waals surface area (Å²) < 4.78 is 37.9. The second-order valence-electron chi connectivity index (χ2n) is 10.1. The number of carbonyl (C=O) groups excluding carboxylic acids is 1. The zero-order valence-corrected chi connectivity index (χ0v) is 22.0. The van der Waals surface area contributed by atoms with Crippen molar-refractivity contribution in [2.75, 3.05) is 17.2 Å². The van der Waals surface area contributed by atoms with Crippen molar-refractivity contribution in [2.24, 2.45) is 24.0 Å². The first kappa shape index (κ1) is 26.5. The van der Waals surface area contributed by atoms with E-state index in [0.29, 0.717) is 29.9 Å². The largest absolute Gasteiger partial charge is 0.388 e. The van der Waals surface area contributed by atoms with Crippen molar-refractivity contribution in [3.8, 4) is 0 Å². The van der Waals surface area contributed by atoms with E-state index in [1.165, 1.54) is 18.2 Å². The molecule has 11 nitrogen and oxygen atoms in total. The van der Waals surface area contributed by atoms with Crippen molar-refractivity contribution in [3.63, 3.8) is 0 Å². The highest BCUT2D eigenvalue weighted by Crippen LogP contribution is 2.54.